The van der Waals surface area contributed by atoms with Crippen molar-refractivity contribution in [1.29, 1.82) is 0 Å². The Morgan fingerprint density at radius 1 is 1.53 bits per heavy atom. The molecule has 1 aliphatic heterocycles. The van der Waals surface area contributed by atoms with Crippen molar-refractivity contribution in [3.8, 4) is 0 Å². The van der Waals surface area contributed by atoms with Gasteiger partial charge in [0.05, 0.1) is 6.61 Å². The molecule has 15 heavy (non-hydrogen) atoms. The zero-order valence-corrected chi connectivity index (χ0v) is 9.55. The van der Waals surface area contributed by atoms with Crippen LogP contribution in [0, 0.1) is 0 Å². The largest absolute Gasteiger partial charge is 0.381 e. The molecule has 1 unspecified atom stereocenters. The summed E-state index contributed by atoms with van der Waals surface area (Å²) in [6, 6.07) is 0.467. The Morgan fingerprint density at radius 3 is 3.07 bits per heavy atom. The lowest BCUT2D eigenvalue weighted by Crippen LogP contribution is -2.43. The van der Waals surface area contributed by atoms with E-state index < -0.39 is 0 Å². The molecule has 0 radical (unpaired) electrons. The molecule has 0 aromatic carbocycles. The van der Waals surface area contributed by atoms with Gasteiger partial charge in [-0.25, -0.2) is 0 Å². The van der Waals surface area contributed by atoms with Gasteiger partial charge in [-0.2, -0.15) is 0 Å². The summed E-state index contributed by atoms with van der Waals surface area (Å²) in [6.45, 7) is 4.98. The van der Waals surface area contributed by atoms with Gasteiger partial charge in [-0.15, -0.1) is 0 Å². The van der Waals surface area contributed by atoms with Crippen molar-refractivity contribution in [3.05, 3.63) is 0 Å². The van der Waals surface area contributed by atoms with E-state index >= 15 is 0 Å². The molecule has 0 saturated carbocycles. The van der Waals surface area contributed by atoms with Crippen molar-refractivity contribution in [1.82, 2.24) is 10.6 Å². The summed E-state index contributed by atoms with van der Waals surface area (Å²) in [5.74, 6) is 0.0934. The van der Waals surface area contributed by atoms with Crippen LogP contribution in [-0.4, -0.2) is 38.3 Å². The third kappa shape index (κ3) is 5.74. The molecule has 0 bridgehead atoms. The normalized spacial score (nSPS) is 21.3. The second-order valence-corrected chi connectivity index (χ2v) is 3.90. The summed E-state index contributed by atoms with van der Waals surface area (Å²) in [4.78, 5) is 11.3. The first-order valence-corrected chi connectivity index (χ1v) is 5.90. The Labute approximate surface area is 91.8 Å². The van der Waals surface area contributed by atoms with E-state index in [0.29, 0.717) is 25.7 Å². The fraction of sp³-hybridized carbons (Fsp3) is 0.909. The van der Waals surface area contributed by atoms with E-state index in [2.05, 4.69) is 10.6 Å². The number of piperidine rings is 1. The SMILES string of the molecule is CCOCCC(=O)NCC1CCCCN1. The van der Waals surface area contributed by atoms with Gasteiger partial charge in [0, 0.05) is 25.6 Å². The quantitative estimate of drug-likeness (QED) is 0.639. The molecule has 0 aromatic rings. The van der Waals surface area contributed by atoms with Gasteiger partial charge < -0.3 is 15.4 Å². The molecule has 1 atom stereocenters. The highest BCUT2D eigenvalue weighted by Gasteiger charge is 2.12. The van der Waals surface area contributed by atoms with Crippen LogP contribution in [0.2, 0.25) is 0 Å². The average molecular weight is 214 g/mol. The maximum absolute atomic E-state index is 11.3. The fourth-order valence-corrected chi connectivity index (χ4v) is 1.73. The summed E-state index contributed by atoms with van der Waals surface area (Å²) < 4.78 is 5.12. The van der Waals surface area contributed by atoms with Gasteiger partial charge in [-0.3, -0.25) is 4.79 Å². The van der Waals surface area contributed by atoms with Gasteiger partial charge >= 0.3 is 0 Å². The van der Waals surface area contributed by atoms with Crippen LogP contribution in [0.1, 0.15) is 32.6 Å². The Kier molecular flexibility index (Phi) is 6.36. The fourth-order valence-electron chi connectivity index (χ4n) is 1.73. The molecule has 0 aromatic heterocycles. The molecule has 1 rings (SSSR count). The molecule has 0 spiro atoms. The predicted molar refractivity (Wildman–Crippen MR) is 59.8 cm³/mol. The van der Waals surface area contributed by atoms with Crippen LogP contribution in [-0.2, 0) is 9.53 Å². The monoisotopic (exact) mass is 214 g/mol. The molecule has 4 nitrogen and oxygen atoms in total. The molecule has 1 aliphatic rings. The van der Waals surface area contributed by atoms with Gasteiger partial charge in [-0.1, -0.05) is 6.42 Å². The molecular weight excluding hydrogens is 192 g/mol. The van der Waals surface area contributed by atoms with E-state index in [1.807, 2.05) is 6.92 Å². The zero-order valence-electron chi connectivity index (χ0n) is 9.55. The highest BCUT2D eigenvalue weighted by atomic mass is 16.5. The Morgan fingerprint density at radius 2 is 2.40 bits per heavy atom. The van der Waals surface area contributed by atoms with E-state index in [1.165, 1.54) is 19.3 Å². The summed E-state index contributed by atoms with van der Waals surface area (Å²) in [5.41, 5.74) is 0. The van der Waals surface area contributed by atoms with Crippen LogP contribution in [0.5, 0.6) is 0 Å². The zero-order chi connectivity index (χ0) is 10.9. The number of carbonyl (C=O) groups is 1. The molecular formula is C11H22N2O2. The number of rotatable bonds is 6. The minimum atomic E-state index is 0.0934. The molecule has 2 N–H and O–H groups in total. The van der Waals surface area contributed by atoms with Crippen LogP contribution >= 0.6 is 0 Å². The van der Waals surface area contributed by atoms with Crippen LogP contribution in [0.3, 0.4) is 0 Å². The number of nitrogens with one attached hydrogen (secondary N) is 2. The summed E-state index contributed by atoms with van der Waals surface area (Å²) in [5, 5.41) is 6.33. The lowest BCUT2D eigenvalue weighted by atomic mass is 10.1. The van der Waals surface area contributed by atoms with Crippen molar-refractivity contribution in [2.75, 3.05) is 26.3 Å². The van der Waals surface area contributed by atoms with E-state index in [-0.39, 0.29) is 5.91 Å². The number of hydrogen-bond donors (Lipinski definition) is 2. The van der Waals surface area contributed by atoms with Gasteiger partial charge in [-0.05, 0) is 26.3 Å². The Hall–Kier alpha value is -0.610. The minimum absolute atomic E-state index is 0.0934. The first kappa shape index (κ1) is 12.5. The Bertz CT molecular complexity index is 179. The van der Waals surface area contributed by atoms with Gasteiger partial charge in [0.1, 0.15) is 0 Å². The number of ether oxygens (including phenoxy) is 1. The van der Waals surface area contributed by atoms with E-state index in [9.17, 15) is 4.79 Å². The van der Waals surface area contributed by atoms with Crippen LogP contribution in [0.25, 0.3) is 0 Å². The highest BCUT2D eigenvalue weighted by molar-refractivity contribution is 5.75. The highest BCUT2D eigenvalue weighted by Crippen LogP contribution is 2.05. The second-order valence-electron chi connectivity index (χ2n) is 3.90. The molecule has 88 valence electrons. The van der Waals surface area contributed by atoms with Crippen LogP contribution in [0.4, 0.5) is 0 Å². The second kappa shape index (κ2) is 7.65. The molecule has 0 aliphatic carbocycles. The van der Waals surface area contributed by atoms with Crippen molar-refractivity contribution in [2.24, 2.45) is 0 Å². The summed E-state index contributed by atoms with van der Waals surface area (Å²) >= 11 is 0. The van der Waals surface area contributed by atoms with Crippen molar-refractivity contribution >= 4 is 5.91 Å². The van der Waals surface area contributed by atoms with Crippen molar-refractivity contribution in [2.45, 2.75) is 38.6 Å². The van der Waals surface area contributed by atoms with Crippen LogP contribution in [0.15, 0.2) is 0 Å². The number of carbonyl (C=O) groups excluding carboxylic acids is 1. The first-order valence-electron chi connectivity index (χ1n) is 5.90. The van der Waals surface area contributed by atoms with Gasteiger partial charge in [0.25, 0.3) is 0 Å². The molecule has 1 heterocycles. The van der Waals surface area contributed by atoms with E-state index in [1.54, 1.807) is 0 Å². The van der Waals surface area contributed by atoms with Gasteiger partial charge in [0.2, 0.25) is 5.91 Å². The summed E-state index contributed by atoms with van der Waals surface area (Å²) in [7, 11) is 0. The molecule has 4 heteroatoms. The smallest absolute Gasteiger partial charge is 0.222 e. The predicted octanol–water partition coefficient (Wildman–Crippen LogP) is 0.671. The maximum Gasteiger partial charge on any atom is 0.222 e. The van der Waals surface area contributed by atoms with E-state index in [4.69, 9.17) is 4.74 Å². The van der Waals surface area contributed by atoms with E-state index in [0.717, 1.165) is 13.1 Å². The topological polar surface area (TPSA) is 50.4 Å². The first-order chi connectivity index (χ1) is 7.33. The third-order valence-corrected chi connectivity index (χ3v) is 2.64. The molecule has 1 saturated heterocycles. The van der Waals surface area contributed by atoms with Crippen molar-refractivity contribution < 1.29 is 9.53 Å². The molecule has 1 amide bonds. The molecule has 1 fully saturated rings. The standard InChI is InChI=1S/C11H22N2O2/c1-2-15-8-6-11(14)13-9-10-5-3-4-7-12-10/h10,12H,2-9H2,1H3,(H,13,14). The van der Waals surface area contributed by atoms with Crippen molar-refractivity contribution in [3.63, 3.8) is 0 Å². The average Bonchev–Trinajstić information content (AvgIpc) is 2.28. The lowest BCUT2D eigenvalue weighted by molar-refractivity contribution is -0.122. The maximum atomic E-state index is 11.3. The van der Waals surface area contributed by atoms with Crippen LogP contribution < -0.4 is 10.6 Å². The minimum Gasteiger partial charge on any atom is -0.381 e. The van der Waals surface area contributed by atoms with Gasteiger partial charge in [0.15, 0.2) is 0 Å². The summed E-state index contributed by atoms with van der Waals surface area (Å²) in [6.07, 6.45) is 4.17. The number of hydrogen-bond acceptors (Lipinski definition) is 3. The number of amides is 1. The third-order valence-electron chi connectivity index (χ3n) is 2.64. The lowest BCUT2D eigenvalue weighted by Gasteiger charge is -2.23. The Balaban J connectivity index is 2.00.